The molecule has 4 heteroatoms. The highest BCUT2D eigenvalue weighted by Crippen LogP contribution is 2.40. The molecule has 0 aromatic heterocycles. The number of fused-ring (bicyclic) bond motifs is 1. The lowest BCUT2D eigenvalue weighted by molar-refractivity contribution is 0.0995. The molecule has 4 nitrogen and oxygen atoms in total. The number of Topliss-reactive ketones (excluding diaryl/α,β-unsaturated/α-hetero) is 1. The molecule has 0 atom stereocenters. The van der Waals surface area contributed by atoms with Crippen molar-refractivity contribution in [2.75, 3.05) is 5.32 Å². The molecule has 1 aliphatic rings. The largest absolute Gasteiger partial charge is 0.490 e. The topological polar surface area (TPSA) is 55.4 Å². The summed E-state index contributed by atoms with van der Waals surface area (Å²) in [7, 11) is 0. The van der Waals surface area contributed by atoms with Crippen molar-refractivity contribution in [3.8, 4) is 16.9 Å². The first kappa shape index (κ1) is 18.9. The molecule has 0 saturated heterocycles. The molecule has 0 heterocycles. The Morgan fingerprint density at radius 2 is 1.62 bits per heavy atom. The second-order valence-electron chi connectivity index (χ2n) is 7.42. The zero-order valence-electron chi connectivity index (χ0n) is 16.6. The molecule has 0 spiro atoms. The lowest BCUT2D eigenvalue weighted by Gasteiger charge is -2.18. The van der Waals surface area contributed by atoms with Crippen molar-refractivity contribution >= 4 is 17.4 Å². The van der Waals surface area contributed by atoms with E-state index < -0.39 is 0 Å². The van der Waals surface area contributed by atoms with Gasteiger partial charge in [0, 0.05) is 23.1 Å². The summed E-state index contributed by atoms with van der Waals surface area (Å²) < 4.78 is 5.98. The predicted molar refractivity (Wildman–Crippen MR) is 115 cm³/mol. The summed E-state index contributed by atoms with van der Waals surface area (Å²) in [6.45, 7) is 3.99. The molecule has 0 fully saturated rings. The number of hydrogen-bond acceptors (Lipinski definition) is 3. The van der Waals surface area contributed by atoms with E-state index in [1.54, 1.807) is 12.1 Å². The van der Waals surface area contributed by atoms with E-state index in [0.717, 1.165) is 22.4 Å². The average molecular weight is 385 g/mol. The molecule has 1 aliphatic carbocycles. The van der Waals surface area contributed by atoms with Gasteiger partial charge < -0.3 is 10.1 Å². The third-order valence-electron chi connectivity index (χ3n) is 5.02. The van der Waals surface area contributed by atoms with Crippen LogP contribution < -0.4 is 10.1 Å². The van der Waals surface area contributed by atoms with Crippen molar-refractivity contribution in [3.05, 3.63) is 83.4 Å². The van der Waals surface area contributed by atoms with Crippen molar-refractivity contribution < 1.29 is 14.3 Å². The van der Waals surface area contributed by atoms with Crippen LogP contribution in [0.3, 0.4) is 0 Å². The highest BCUT2D eigenvalue weighted by Gasteiger charge is 2.28. The fraction of sp³-hybridized carbons (Fsp3) is 0.200. The summed E-state index contributed by atoms with van der Waals surface area (Å²) in [6.07, 6.45) is 1.16. The number of para-hydroxylation sites is 1. The Morgan fingerprint density at radius 1 is 0.897 bits per heavy atom. The highest BCUT2D eigenvalue weighted by atomic mass is 16.5. The summed E-state index contributed by atoms with van der Waals surface area (Å²) in [5.41, 5.74) is 4.67. The van der Waals surface area contributed by atoms with Crippen molar-refractivity contribution in [1.82, 2.24) is 0 Å². The molecule has 0 aliphatic heterocycles. The number of hydrogen-bond donors (Lipinski definition) is 1. The van der Waals surface area contributed by atoms with E-state index >= 15 is 0 Å². The van der Waals surface area contributed by atoms with Crippen LogP contribution in [-0.4, -0.2) is 17.8 Å². The first-order chi connectivity index (χ1) is 14.0. The first-order valence-corrected chi connectivity index (χ1v) is 9.86. The molecule has 4 rings (SSSR count). The molecule has 0 bridgehead atoms. The van der Waals surface area contributed by atoms with Gasteiger partial charge in [-0.05, 0) is 55.7 Å². The number of amides is 1. The van der Waals surface area contributed by atoms with Crippen LogP contribution in [0.25, 0.3) is 11.1 Å². The monoisotopic (exact) mass is 385 g/mol. The van der Waals surface area contributed by atoms with Gasteiger partial charge in [-0.25, -0.2) is 0 Å². The van der Waals surface area contributed by atoms with Gasteiger partial charge in [-0.15, -0.1) is 0 Å². The maximum Gasteiger partial charge on any atom is 0.255 e. The molecule has 0 saturated carbocycles. The van der Waals surface area contributed by atoms with Crippen LogP contribution in [-0.2, 0) is 6.42 Å². The van der Waals surface area contributed by atoms with Gasteiger partial charge in [-0.3, -0.25) is 9.59 Å². The molecule has 3 aromatic rings. The molecular weight excluding hydrogens is 362 g/mol. The van der Waals surface area contributed by atoms with Gasteiger partial charge in [0.2, 0.25) is 0 Å². The van der Waals surface area contributed by atoms with Crippen LogP contribution in [0.15, 0.2) is 66.7 Å². The zero-order chi connectivity index (χ0) is 20.4. The van der Waals surface area contributed by atoms with E-state index in [2.05, 4.69) is 5.32 Å². The van der Waals surface area contributed by atoms with Crippen molar-refractivity contribution in [2.45, 2.75) is 32.8 Å². The van der Waals surface area contributed by atoms with E-state index in [1.165, 1.54) is 0 Å². The smallest absolute Gasteiger partial charge is 0.255 e. The van der Waals surface area contributed by atoms with Gasteiger partial charge in [0.15, 0.2) is 5.78 Å². The Hall–Kier alpha value is -3.40. The third-order valence-corrected chi connectivity index (χ3v) is 5.02. The van der Waals surface area contributed by atoms with Crippen LogP contribution in [0.1, 0.15) is 46.5 Å². The number of carbonyl (C=O) groups is 2. The first-order valence-electron chi connectivity index (χ1n) is 9.86. The molecule has 1 N–H and O–H groups in total. The van der Waals surface area contributed by atoms with Crippen LogP contribution in [0, 0.1) is 0 Å². The average Bonchev–Trinajstić information content (AvgIpc) is 3.11. The Balaban J connectivity index is 1.75. The summed E-state index contributed by atoms with van der Waals surface area (Å²) in [5, 5.41) is 2.92. The van der Waals surface area contributed by atoms with E-state index in [0.29, 0.717) is 29.7 Å². The number of benzene rings is 3. The Kier molecular flexibility index (Phi) is 5.17. The van der Waals surface area contributed by atoms with E-state index in [-0.39, 0.29) is 17.8 Å². The van der Waals surface area contributed by atoms with Crippen LogP contribution in [0.2, 0.25) is 0 Å². The summed E-state index contributed by atoms with van der Waals surface area (Å²) in [6, 6.07) is 20.7. The van der Waals surface area contributed by atoms with Gasteiger partial charge in [-0.1, -0.05) is 42.5 Å². The van der Waals surface area contributed by atoms with Crippen molar-refractivity contribution in [1.29, 1.82) is 0 Å². The van der Waals surface area contributed by atoms with E-state index in [4.69, 9.17) is 4.74 Å². The fourth-order valence-electron chi connectivity index (χ4n) is 3.78. The molecule has 146 valence electrons. The molecule has 1 amide bonds. The van der Waals surface area contributed by atoms with Crippen molar-refractivity contribution in [3.63, 3.8) is 0 Å². The minimum atomic E-state index is -0.219. The van der Waals surface area contributed by atoms with Gasteiger partial charge >= 0.3 is 0 Å². The molecule has 3 aromatic carbocycles. The SMILES string of the molecule is CC(C)Oc1ccccc1-c1ccc(NC(=O)c2ccccc2)c2c1CCC2=O. The minimum absolute atomic E-state index is 0.0512. The normalized spacial score (nSPS) is 12.7. The zero-order valence-corrected chi connectivity index (χ0v) is 16.6. The summed E-state index contributed by atoms with van der Waals surface area (Å²) >= 11 is 0. The van der Waals surface area contributed by atoms with Crippen LogP contribution in [0.4, 0.5) is 5.69 Å². The molecular formula is C25H23NO3. The lowest BCUT2D eigenvalue weighted by Crippen LogP contribution is -2.14. The lowest BCUT2D eigenvalue weighted by atomic mass is 9.94. The van der Waals surface area contributed by atoms with Crippen LogP contribution >= 0.6 is 0 Å². The maximum atomic E-state index is 12.7. The van der Waals surface area contributed by atoms with Gasteiger partial charge in [0.1, 0.15) is 5.75 Å². The van der Waals surface area contributed by atoms with Gasteiger partial charge in [0.05, 0.1) is 11.8 Å². The third kappa shape index (κ3) is 3.79. The second kappa shape index (κ2) is 7.92. The molecule has 0 unspecified atom stereocenters. The molecule has 0 radical (unpaired) electrons. The Labute approximate surface area is 170 Å². The highest BCUT2D eigenvalue weighted by molar-refractivity contribution is 6.12. The Bertz CT molecular complexity index is 1070. The minimum Gasteiger partial charge on any atom is -0.490 e. The summed E-state index contributed by atoms with van der Waals surface area (Å²) in [5.74, 6) is 0.640. The van der Waals surface area contributed by atoms with Gasteiger partial charge in [0.25, 0.3) is 5.91 Å². The summed E-state index contributed by atoms with van der Waals surface area (Å²) in [4.78, 5) is 25.3. The Morgan fingerprint density at radius 3 is 2.38 bits per heavy atom. The number of rotatable bonds is 5. The number of carbonyl (C=O) groups excluding carboxylic acids is 2. The van der Waals surface area contributed by atoms with Gasteiger partial charge in [-0.2, -0.15) is 0 Å². The number of nitrogens with one attached hydrogen (secondary N) is 1. The van der Waals surface area contributed by atoms with E-state index in [1.807, 2.05) is 68.4 Å². The van der Waals surface area contributed by atoms with E-state index in [9.17, 15) is 9.59 Å². The number of anilines is 1. The fourth-order valence-corrected chi connectivity index (χ4v) is 3.78. The maximum absolute atomic E-state index is 12.7. The number of ether oxygens (including phenoxy) is 1. The molecule has 29 heavy (non-hydrogen) atoms. The standard InChI is InChI=1S/C25H23NO3/c1-16(2)29-23-11-7-6-10-19(23)18-12-14-21(24-20(18)13-15-22(24)27)26-25(28)17-8-4-3-5-9-17/h3-12,14,16H,13,15H2,1-2H3,(H,26,28). The quantitative estimate of drug-likeness (QED) is 0.629. The second-order valence-corrected chi connectivity index (χ2v) is 7.42. The number of ketones is 1. The van der Waals surface area contributed by atoms with Crippen molar-refractivity contribution in [2.24, 2.45) is 0 Å². The van der Waals surface area contributed by atoms with Crippen LogP contribution in [0.5, 0.6) is 5.75 Å². The predicted octanol–water partition coefficient (Wildman–Crippen LogP) is 5.52.